The van der Waals surface area contributed by atoms with Gasteiger partial charge in [0.05, 0.1) is 5.56 Å². The van der Waals surface area contributed by atoms with Crippen LogP contribution in [0.4, 0.5) is 32.2 Å². The molecule has 0 spiro atoms. The van der Waals surface area contributed by atoms with Gasteiger partial charge in [0.25, 0.3) is 0 Å². The van der Waals surface area contributed by atoms with Crippen LogP contribution in [0.5, 0.6) is 0 Å². The van der Waals surface area contributed by atoms with Crippen molar-refractivity contribution in [3.05, 3.63) is 23.9 Å². The molecule has 100 valence electrons. The highest BCUT2D eigenvalue weighted by Crippen LogP contribution is 2.51. The van der Waals surface area contributed by atoms with E-state index in [1.54, 1.807) is 0 Å². The fourth-order valence-corrected chi connectivity index (χ4v) is 1.48. The summed E-state index contributed by atoms with van der Waals surface area (Å²) in [6, 6.07) is 1.59. The first-order valence-corrected chi connectivity index (χ1v) is 5.02. The van der Waals surface area contributed by atoms with E-state index in [2.05, 4.69) is 10.3 Å². The predicted octanol–water partition coefficient (Wildman–Crippen LogP) is 3.61. The molecule has 1 N–H and O–H groups in total. The Bertz CT molecular complexity index is 429. The van der Waals surface area contributed by atoms with Crippen LogP contribution in [0.3, 0.4) is 0 Å². The van der Waals surface area contributed by atoms with E-state index in [-0.39, 0.29) is 18.7 Å². The number of nitrogens with one attached hydrogen (secondary N) is 1. The topological polar surface area (TPSA) is 24.9 Å². The Morgan fingerprint density at radius 2 is 1.67 bits per heavy atom. The Labute approximate surface area is 98.0 Å². The molecule has 0 radical (unpaired) electrons. The van der Waals surface area contributed by atoms with E-state index in [1.807, 2.05) is 0 Å². The van der Waals surface area contributed by atoms with Crippen LogP contribution >= 0.6 is 0 Å². The lowest BCUT2D eigenvalue weighted by atomic mass is 10.2. The number of pyridine rings is 1. The van der Waals surface area contributed by atoms with Crippen molar-refractivity contribution in [2.24, 2.45) is 0 Å². The third-order valence-electron chi connectivity index (χ3n) is 2.75. The molecule has 1 aliphatic rings. The molecule has 2 nitrogen and oxygen atoms in total. The zero-order chi connectivity index (χ0) is 13.6. The summed E-state index contributed by atoms with van der Waals surface area (Å²) in [7, 11) is 0. The number of alkyl halides is 6. The predicted molar refractivity (Wildman–Crippen MR) is 50.9 cm³/mol. The van der Waals surface area contributed by atoms with Crippen molar-refractivity contribution in [2.45, 2.75) is 30.7 Å². The summed E-state index contributed by atoms with van der Waals surface area (Å²) in [5.74, 6) is -0.210. The summed E-state index contributed by atoms with van der Waals surface area (Å²) in [6.07, 6.45) is -8.67. The maximum atomic E-state index is 12.6. The molecule has 1 heterocycles. The molecule has 0 saturated heterocycles. The van der Waals surface area contributed by atoms with Crippen molar-refractivity contribution < 1.29 is 26.3 Å². The minimum absolute atomic E-state index is 0.0980. The minimum Gasteiger partial charge on any atom is -0.356 e. The van der Waals surface area contributed by atoms with Crippen LogP contribution in [-0.4, -0.2) is 16.7 Å². The molecule has 1 aromatic rings. The van der Waals surface area contributed by atoms with Gasteiger partial charge in [-0.05, 0) is 25.0 Å². The Balaban J connectivity index is 2.13. The molecule has 0 bridgehead atoms. The summed E-state index contributed by atoms with van der Waals surface area (Å²) in [6.45, 7) is 0. The number of aromatic nitrogens is 1. The third-order valence-corrected chi connectivity index (χ3v) is 2.75. The van der Waals surface area contributed by atoms with Crippen molar-refractivity contribution in [2.75, 3.05) is 5.32 Å². The molecular formula is C10H8F6N2. The van der Waals surface area contributed by atoms with E-state index in [9.17, 15) is 26.3 Å². The standard InChI is InChI=1S/C10H8F6N2/c11-9(12,13)6-1-2-7(17-5-6)18-8(3-4-8)10(14,15)16/h1-2,5H,3-4H2,(H,17,18). The zero-order valence-corrected chi connectivity index (χ0v) is 8.86. The maximum Gasteiger partial charge on any atom is 0.417 e. The highest BCUT2D eigenvalue weighted by Gasteiger charge is 2.63. The number of nitrogens with zero attached hydrogens (tertiary/aromatic N) is 1. The Morgan fingerprint density at radius 3 is 2.00 bits per heavy atom. The molecule has 0 atom stereocenters. The lowest BCUT2D eigenvalue weighted by Gasteiger charge is -2.21. The van der Waals surface area contributed by atoms with Crippen LogP contribution < -0.4 is 5.32 Å². The summed E-state index contributed by atoms with van der Waals surface area (Å²) in [5, 5.41) is 2.14. The van der Waals surface area contributed by atoms with Gasteiger partial charge in [0.2, 0.25) is 0 Å². The first-order chi connectivity index (χ1) is 8.14. The zero-order valence-electron chi connectivity index (χ0n) is 8.86. The second-order valence-electron chi connectivity index (χ2n) is 4.13. The lowest BCUT2D eigenvalue weighted by Crippen LogP contribution is -2.38. The molecule has 8 heteroatoms. The number of rotatable bonds is 2. The van der Waals surface area contributed by atoms with Gasteiger partial charge in [0.15, 0.2) is 0 Å². The van der Waals surface area contributed by atoms with Crippen LogP contribution in [-0.2, 0) is 6.18 Å². The fraction of sp³-hybridized carbons (Fsp3) is 0.500. The number of anilines is 1. The average Bonchev–Trinajstić information content (AvgIpc) is 2.97. The maximum absolute atomic E-state index is 12.6. The number of hydrogen-bond acceptors (Lipinski definition) is 2. The van der Waals surface area contributed by atoms with Crippen molar-refractivity contribution in [1.29, 1.82) is 0 Å². The Hall–Kier alpha value is -1.47. The summed E-state index contributed by atoms with van der Waals surface area (Å²) in [5.41, 5.74) is -3.02. The van der Waals surface area contributed by atoms with Gasteiger partial charge >= 0.3 is 12.4 Å². The molecule has 2 rings (SSSR count). The molecule has 0 unspecified atom stereocenters. The molecule has 0 aliphatic heterocycles. The van der Waals surface area contributed by atoms with E-state index < -0.39 is 23.5 Å². The van der Waals surface area contributed by atoms with Gasteiger partial charge in [-0.25, -0.2) is 4.98 Å². The highest BCUT2D eigenvalue weighted by atomic mass is 19.4. The van der Waals surface area contributed by atoms with Crippen molar-refractivity contribution in [3.8, 4) is 0 Å². The van der Waals surface area contributed by atoms with Gasteiger partial charge in [0, 0.05) is 6.20 Å². The summed E-state index contributed by atoms with van der Waals surface area (Å²) < 4.78 is 74.4. The van der Waals surface area contributed by atoms with E-state index in [0.717, 1.165) is 6.07 Å². The minimum atomic E-state index is -4.55. The van der Waals surface area contributed by atoms with Gasteiger partial charge in [-0.1, -0.05) is 0 Å². The quantitative estimate of drug-likeness (QED) is 0.830. The van der Waals surface area contributed by atoms with Gasteiger partial charge in [-0.2, -0.15) is 26.3 Å². The lowest BCUT2D eigenvalue weighted by molar-refractivity contribution is -0.151. The van der Waals surface area contributed by atoms with E-state index in [1.165, 1.54) is 0 Å². The van der Waals surface area contributed by atoms with Gasteiger partial charge in [-0.3, -0.25) is 0 Å². The molecule has 1 aliphatic carbocycles. The third kappa shape index (κ3) is 2.37. The Kier molecular flexibility index (Phi) is 2.71. The molecule has 0 amide bonds. The number of halogens is 6. The molecule has 1 saturated carbocycles. The number of hydrogen-bond donors (Lipinski definition) is 1. The molecule has 18 heavy (non-hydrogen) atoms. The van der Waals surface area contributed by atoms with Crippen LogP contribution in [0.25, 0.3) is 0 Å². The first-order valence-electron chi connectivity index (χ1n) is 5.02. The van der Waals surface area contributed by atoms with E-state index in [4.69, 9.17) is 0 Å². The normalized spacial score (nSPS) is 18.6. The molecule has 1 fully saturated rings. The van der Waals surface area contributed by atoms with E-state index >= 15 is 0 Å². The second kappa shape index (κ2) is 3.76. The van der Waals surface area contributed by atoms with Gasteiger partial charge in [-0.15, -0.1) is 0 Å². The van der Waals surface area contributed by atoms with Crippen LogP contribution in [0, 0.1) is 0 Å². The van der Waals surface area contributed by atoms with Gasteiger partial charge < -0.3 is 5.32 Å². The molecule has 1 aromatic heterocycles. The van der Waals surface area contributed by atoms with Crippen LogP contribution in [0.15, 0.2) is 18.3 Å². The summed E-state index contributed by atoms with van der Waals surface area (Å²) >= 11 is 0. The van der Waals surface area contributed by atoms with Crippen LogP contribution in [0.1, 0.15) is 18.4 Å². The Morgan fingerprint density at radius 1 is 1.06 bits per heavy atom. The van der Waals surface area contributed by atoms with Gasteiger partial charge in [0.1, 0.15) is 11.4 Å². The SMILES string of the molecule is FC(F)(F)c1ccc(NC2(C(F)(F)F)CC2)nc1. The summed E-state index contributed by atoms with van der Waals surface area (Å²) in [4.78, 5) is 3.35. The van der Waals surface area contributed by atoms with Crippen molar-refractivity contribution in [3.63, 3.8) is 0 Å². The smallest absolute Gasteiger partial charge is 0.356 e. The molecule has 0 aromatic carbocycles. The van der Waals surface area contributed by atoms with Crippen molar-refractivity contribution in [1.82, 2.24) is 4.98 Å². The second-order valence-corrected chi connectivity index (χ2v) is 4.13. The highest BCUT2D eigenvalue weighted by molar-refractivity contribution is 5.42. The van der Waals surface area contributed by atoms with E-state index in [0.29, 0.717) is 12.3 Å². The van der Waals surface area contributed by atoms with Crippen LogP contribution in [0.2, 0.25) is 0 Å². The largest absolute Gasteiger partial charge is 0.417 e. The monoisotopic (exact) mass is 270 g/mol. The van der Waals surface area contributed by atoms with Crippen molar-refractivity contribution >= 4 is 5.82 Å². The fourth-order valence-electron chi connectivity index (χ4n) is 1.48. The average molecular weight is 270 g/mol. The molecular weight excluding hydrogens is 262 g/mol. The first kappa shape index (κ1) is 13.0.